The number of hydrogen-bond acceptors (Lipinski definition) is 8. The lowest BCUT2D eigenvalue weighted by Crippen LogP contribution is -2.45. The van der Waals surface area contributed by atoms with Crippen molar-refractivity contribution in [2.75, 3.05) is 64.5 Å². The van der Waals surface area contributed by atoms with Crippen molar-refractivity contribution in [3.63, 3.8) is 0 Å². The molecular formula is C27H33FN4O5S2. The molecule has 3 aromatic rings. The molecule has 0 unspecified atom stereocenters. The normalized spacial score (nSPS) is 17.9. The number of anilines is 1. The van der Waals surface area contributed by atoms with Crippen molar-refractivity contribution in [3.8, 4) is 5.75 Å². The van der Waals surface area contributed by atoms with E-state index >= 15 is 0 Å². The third-order valence-electron chi connectivity index (χ3n) is 7.30. The van der Waals surface area contributed by atoms with Gasteiger partial charge in [-0.2, -0.15) is 4.31 Å². The third-order valence-corrected chi connectivity index (χ3v) is 10.2. The van der Waals surface area contributed by atoms with Gasteiger partial charge in [-0.1, -0.05) is 11.3 Å². The lowest BCUT2D eigenvalue weighted by Gasteiger charge is -2.33. The average Bonchev–Trinajstić information content (AvgIpc) is 3.39. The van der Waals surface area contributed by atoms with Gasteiger partial charge in [-0.15, -0.1) is 0 Å². The molecule has 0 N–H and O–H groups in total. The van der Waals surface area contributed by atoms with Gasteiger partial charge >= 0.3 is 0 Å². The van der Waals surface area contributed by atoms with Crippen molar-refractivity contribution in [2.45, 2.75) is 24.2 Å². The molecule has 0 aliphatic carbocycles. The van der Waals surface area contributed by atoms with Crippen LogP contribution in [-0.4, -0.2) is 88.1 Å². The fourth-order valence-corrected chi connectivity index (χ4v) is 7.53. The molecule has 12 heteroatoms. The van der Waals surface area contributed by atoms with Crippen LogP contribution in [0.25, 0.3) is 10.2 Å². The molecule has 210 valence electrons. The van der Waals surface area contributed by atoms with Crippen LogP contribution in [0.5, 0.6) is 5.75 Å². The van der Waals surface area contributed by atoms with Gasteiger partial charge in [0.2, 0.25) is 15.9 Å². The third kappa shape index (κ3) is 6.41. The first-order valence-corrected chi connectivity index (χ1v) is 15.4. The number of carbonyl (C=O) groups is 1. The molecule has 1 amide bonds. The molecule has 0 atom stereocenters. The number of halogens is 1. The highest BCUT2D eigenvalue weighted by Gasteiger charge is 2.35. The number of ether oxygens (including phenoxy) is 2. The number of rotatable bonds is 9. The number of carbonyl (C=O) groups excluding carboxylic acids is 1. The van der Waals surface area contributed by atoms with Crippen molar-refractivity contribution in [1.29, 1.82) is 0 Å². The van der Waals surface area contributed by atoms with Crippen molar-refractivity contribution < 1.29 is 27.1 Å². The van der Waals surface area contributed by atoms with Crippen molar-refractivity contribution in [1.82, 2.24) is 14.2 Å². The standard InChI is InChI=1S/C27H33FN4O5S2/c1-36-22-5-8-24-25(19-22)38-27(29-24)32(12-2-11-30-15-17-37-18-16-30)26(33)20-9-13-31(14-10-20)39(34,35)23-6-3-21(28)4-7-23/h3-8,19-20H,2,9-18H2,1H3. The second-order valence-corrected chi connectivity index (χ2v) is 12.7. The molecule has 2 aromatic carbocycles. The summed E-state index contributed by atoms with van der Waals surface area (Å²) in [5.74, 6) is -0.0886. The fraction of sp³-hybridized carbons (Fsp3) is 0.481. The van der Waals surface area contributed by atoms with E-state index in [-0.39, 0.29) is 29.8 Å². The summed E-state index contributed by atoms with van der Waals surface area (Å²) in [6.45, 7) is 5.07. The van der Waals surface area contributed by atoms with Gasteiger partial charge in [0.05, 0.1) is 35.4 Å². The summed E-state index contributed by atoms with van der Waals surface area (Å²) in [5.41, 5.74) is 0.807. The van der Waals surface area contributed by atoms with Gasteiger partial charge in [0.1, 0.15) is 11.6 Å². The van der Waals surface area contributed by atoms with Crippen LogP contribution >= 0.6 is 11.3 Å². The highest BCUT2D eigenvalue weighted by molar-refractivity contribution is 7.89. The van der Waals surface area contributed by atoms with Crippen molar-refractivity contribution >= 4 is 42.6 Å². The summed E-state index contributed by atoms with van der Waals surface area (Å²) >= 11 is 1.46. The maximum absolute atomic E-state index is 13.9. The average molecular weight is 577 g/mol. The molecular weight excluding hydrogens is 543 g/mol. The Morgan fingerprint density at radius 1 is 1.13 bits per heavy atom. The Hall–Kier alpha value is -2.64. The van der Waals surface area contributed by atoms with Gasteiger partial charge < -0.3 is 9.47 Å². The molecule has 0 bridgehead atoms. The van der Waals surface area contributed by atoms with Gasteiger partial charge in [-0.25, -0.2) is 17.8 Å². The number of methoxy groups -OCH3 is 1. The summed E-state index contributed by atoms with van der Waals surface area (Å²) in [4.78, 5) is 22.8. The molecule has 5 rings (SSSR count). The van der Waals surface area contributed by atoms with E-state index in [1.165, 1.54) is 27.8 Å². The van der Waals surface area contributed by atoms with Crippen LogP contribution < -0.4 is 9.64 Å². The van der Waals surface area contributed by atoms with E-state index in [0.29, 0.717) is 24.5 Å². The maximum Gasteiger partial charge on any atom is 0.243 e. The Balaban J connectivity index is 1.30. The molecule has 2 aliphatic rings. The molecule has 39 heavy (non-hydrogen) atoms. The zero-order valence-corrected chi connectivity index (χ0v) is 23.6. The van der Waals surface area contributed by atoms with E-state index in [4.69, 9.17) is 14.5 Å². The Labute approximate surface area is 232 Å². The van der Waals surface area contributed by atoms with Crippen LogP contribution in [-0.2, 0) is 19.6 Å². The lowest BCUT2D eigenvalue weighted by atomic mass is 9.96. The van der Waals surface area contributed by atoms with E-state index in [2.05, 4.69) is 4.90 Å². The number of amides is 1. The monoisotopic (exact) mass is 576 g/mol. The summed E-state index contributed by atoms with van der Waals surface area (Å²) in [6, 6.07) is 10.5. The second-order valence-electron chi connectivity index (χ2n) is 9.76. The zero-order chi connectivity index (χ0) is 27.4. The topological polar surface area (TPSA) is 92.3 Å². The first-order valence-electron chi connectivity index (χ1n) is 13.2. The number of hydrogen-bond donors (Lipinski definition) is 0. The second kappa shape index (κ2) is 12.3. The van der Waals surface area contributed by atoms with E-state index in [1.54, 1.807) is 12.0 Å². The molecule has 2 saturated heterocycles. The number of fused-ring (bicyclic) bond motifs is 1. The van der Waals surface area contributed by atoms with Crippen LogP contribution in [0.3, 0.4) is 0 Å². The van der Waals surface area contributed by atoms with E-state index in [9.17, 15) is 17.6 Å². The molecule has 1 aromatic heterocycles. The Morgan fingerprint density at radius 2 is 1.85 bits per heavy atom. The van der Waals surface area contributed by atoms with Crippen molar-refractivity contribution in [3.05, 3.63) is 48.3 Å². The summed E-state index contributed by atoms with van der Waals surface area (Å²) in [7, 11) is -2.13. The SMILES string of the molecule is COc1ccc2nc(N(CCCN3CCOCC3)C(=O)C3CCN(S(=O)(=O)c4ccc(F)cc4)CC3)sc2c1. The highest BCUT2D eigenvalue weighted by Crippen LogP contribution is 2.34. The summed E-state index contributed by atoms with van der Waals surface area (Å²) in [5, 5.41) is 0.645. The van der Waals surface area contributed by atoms with Crippen LogP contribution in [0.2, 0.25) is 0 Å². The molecule has 0 saturated carbocycles. The summed E-state index contributed by atoms with van der Waals surface area (Å²) < 4.78 is 52.5. The quantitative estimate of drug-likeness (QED) is 0.384. The first-order chi connectivity index (χ1) is 18.8. The minimum Gasteiger partial charge on any atom is -0.497 e. The number of piperidine rings is 1. The predicted octanol–water partition coefficient (Wildman–Crippen LogP) is 3.60. The molecule has 0 spiro atoms. The number of morpholine rings is 1. The number of thiazole rings is 1. The van der Waals surface area contributed by atoms with E-state index in [0.717, 1.165) is 67.4 Å². The fourth-order valence-electron chi connectivity index (χ4n) is 5.03. The largest absolute Gasteiger partial charge is 0.497 e. The Kier molecular flexibility index (Phi) is 8.77. The summed E-state index contributed by atoms with van der Waals surface area (Å²) in [6.07, 6.45) is 1.62. The highest BCUT2D eigenvalue weighted by atomic mass is 32.2. The van der Waals surface area contributed by atoms with Crippen LogP contribution in [0.15, 0.2) is 47.4 Å². The molecule has 9 nitrogen and oxygen atoms in total. The zero-order valence-electron chi connectivity index (χ0n) is 21.9. The minimum absolute atomic E-state index is 0.0261. The lowest BCUT2D eigenvalue weighted by molar-refractivity contribution is -0.123. The maximum atomic E-state index is 13.9. The number of sulfonamides is 1. The van der Waals surface area contributed by atoms with Crippen LogP contribution in [0, 0.1) is 11.7 Å². The number of aromatic nitrogens is 1. The molecule has 3 heterocycles. The first kappa shape index (κ1) is 27.9. The van der Waals surface area contributed by atoms with E-state index < -0.39 is 15.8 Å². The van der Waals surface area contributed by atoms with Gasteiger partial charge in [-0.3, -0.25) is 14.6 Å². The van der Waals surface area contributed by atoms with Gasteiger partial charge in [-0.05, 0) is 61.7 Å². The molecule has 2 aliphatic heterocycles. The van der Waals surface area contributed by atoms with Crippen molar-refractivity contribution in [2.24, 2.45) is 5.92 Å². The van der Waals surface area contributed by atoms with Gasteiger partial charge in [0, 0.05) is 45.2 Å². The number of nitrogens with zero attached hydrogens (tertiary/aromatic N) is 4. The van der Waals surface area contributed by atoms with E-state index in [1.807, 2.05) is 18.2 Å². The van der Waals surface area contributed by atoms with Gasteiger partial charge in [0.15, 0.2) is 5.13 Å². The molecule has 2 fully saturated rings. The Bertz CT molecular complexity index is 1380. The minimum atomic E-state index is -3.75. The van der Waals surface area contributed by atoms with Crippen LogP contribution in [0.1, 0.15) is 19.3 Å². The predicted molar refractivity (Wildman–Crippen MR) is 148 cm³/mol. The van der Waals surface area contributed by atoms with Crippen LogP contribution in [0.4, 0.5) is 9.52 Å². The number of benzene rings is 2. The molecule has 0 radical (unpaired) electrons. The Morgan fingerprint density at radius 3 is 2.54 bits per heavy atom. The van der Waals surface area contributed by atoms with Gasteiger partial charge in [0.25, 0.3) is 0 Å². The smallest absolute Gasteiger partial charge is 0.243 e.